The molecule has 4 heteroatoms. The van der Waals surface area contributed by atoms with Crippen LogP contribution >= 0.6 is 11.3 Å². The van der Waals surface area contributed by atoms with Gasteiger partial charge in [-0.3, -0.25) is 4.98 Å². The van der Waals surface area contributed by atoms with Crippen molar-refractivity contribution < 1.29 is 0 Å². The van der Waals surface area contributed by atoms with E-state index in [0.29, 0.717) is 6.54 Å². The molecule has 1 aromatic carbocycles. The fraction of sp³-hybridized carbons (Fsp3) is 0.0769. The summed E-state index contributed by atoms with van der Waals surface area (Å²) < 4.78 is 1.19. The third-order valence-electron chi connectivity index (χ3n) is 2.61. The van der Waals surface area contributed by atoms with E-state index in [4.69, 9.17) is 5.73 Å². The number of nitrogens with two attached hydrogens (primary N) is 1. The van der Waals surface area contributed by atoms with Crippen molar-refractivity contribution in [3.8, 4) is 10.6 Å². The number of thiazole rings is 1. The van der Waals surface area contributed by atoms with Gasteiger partial charge in [-0.15, -0.1) is 11.3 Å². The Morgan fingerprint density at radius 2 is 1.94 bits per heavy atom. The lowest BCUT2D eigenvalue weighted by molar-refractivity contribution is 1.07. The van der Waals surface area contributed by atoms with E-state index >= 15 is 0 Å². The summed E-state index contributed by atoms with van der Waals surface area (Å²) in [6.07, 6.45) is 3.57. The number of fused-ring (bicyclic) bond motifs is 1. The van der Waals surface area contributed by atoms with E-state index in [1.54, 1.807) is 23.7 Å². The molecule has 0 aliphatic heterocycles. The minimum absolute atomic E-state index is 0.554. The largest absolute Gasteiger partial charge is 0.326 e. The van der Waals surface area contributed by atoms with Gasteiger partial charge < -0.3 is 5.73 Å². The van der Waals surface area contributed by atoms with E-state index in [9.17, 15) is 0 Å². The Kier molecular flexibility index (Phi) is 2.59. The highest BCUT2D eigenvalue weighted by atomic mass is 32.1. The molecule has 2 aromatic heterocycles. The van der Waals surface area contributed by atoms with Crippen LogP contribution in [0, 0.1) is 0 Å². The van der Waals surface area contributed by atoms with E-state index in [1.165, 1.54) is 4.70 Å². The molecule has 0 bridgehead atoms. The summed E-state index contributed by atoms with van der Waals surface area (Å²) in [6.45, 7) is 0.554. The van der Waals surface area contributed by atoms with Gasteiger partial charge in [0, 0.05) is 24.5 Å². The number of nitrogens with zero attached hydrogens (tertiary/aromatic N) is 2. The summed E-state index contributed by atoms with van der Waals surface area (Å²) in [5.41, 5.74) is 8.87. The van der Waals surface area contributed by atoms with Gasteiger partial charge in [0.1, 0.15) is 5.01 Å². The van der Waals surface area contributed by atoms with Gasteiger partial charge in [-0.2, -0.15) is 0 Å². The van der Waals surface area contributed by atoms with Crippen molar-refractivity contribution in [3.05, 3.63) is 48.3 Å². The molecule has 0 saturated carbocycles. The Morgan fingerprint density at radius 3 is 2.71 bits per heavy atom. The first-order chi connectivity index (χ1) is 8.36. The highest BCUT2D eigenvalue weighted by Gasteiger charge is 2.06. The Hall–Kier alpha value is -1.78. The van der Waals surface area contributed by atoms with Crippen molar-refractivity contribution >= 4 is 21.6 Å². The van der Waals surface area contributed by atoms with Crippen LogP contribution in [0.1, 0.15) is 5.56 Å². The van der Waals surface area contributed by atoms with Crippen molar-refractivity contribution in [1.29, 1.82) is 0 Å². The molecule has 0 atom stereocenters. The number of benzene rings is 1. The zero-order valence-electron chi connectivity index (χ0n) is 9.13. The van der Waals surface area contributed by atoms with Crippen molar-refractivity contribution in [2.45, 2.75) is 6.54 Å². The predicted molar refractivity (Wildman–Crippen MR) is 70.7 cm³/mol. The number of aromatic nitrogens is 2. The zero-order chi connectivity index (χ0) is 11.7. The monoisotopic (exact) mass is 241 g/mol. The maximum absolute atomic E-state index is 5.63. The fourth-order valence-corrected chi connectivity index (χ4v) is 2.67. The van der Waals surface area contributed by atoms with E-state index in [-0.39, 0.29) is 0 Å². The zero-order valence-corrected chi connectivity index (χ0v) is 9.95. The first-order valence-electron chi connectivity index (χ1n) is 5.37. The molecule has 2 N–H and O–H groups in total. The molecule has 0 saturated heterocycles. The summed E-state index contributed by atoms with van der Waals surface area (Å²) in [5, 5.41) is 1.02. The second-order valence-electron chi connectivity index (χ2n) is 3.76. The molecule has 0 aliphatic rings. The summed E-state index contributed by atoms with van der Waals surface area (Å²) in [6, 6.07) is 10.1. The number of pyridine rings is 1. The molecule has 2 heterocycles. The highest BCUT2D eigenvalue weighted by molar-refractivity contribution is 7.21. The standard InChI is InChI=1S/C13H11N3S/c14-8-9-1-2-12-11(7-9)16-13(17-12)10-3-5-15-6-4-10/h1-7H,8,14H2. The van der Waals surface area contributed by atoms with Gasteiger partial charge in [0.2, 0.25) is 0 Å². The van der Waals surface area contributed by atoms with Crippen LogP contribution in [0.3, 0.4) is 0 Å². The van der Waals surface area contributed by atoms with Gasteiger partial charge in [-0.05, 0) is 29.8 Å². The van der Waals surface area contributed by atoms with E-state index < -0.39 is 0 Å². The molecule has 17 heavy (non-hydrogen) atoms. The van der Waals surface area contributed by atoms with Crippen LogP contribution in [-0.4, -0.2) is 9.97 Å². The van der Waals surface area contributed by atoms with Gasteiger partial charge in [0.25, 0.3) is 0 Å². The summed E-state index contributed by atoms with van der Waals surface area (Å²) in [5.74, 6) is 0. The summed E-state index contributed by atoms with van der Waals surface area (Å²) in [4.78, 5) is 8.64. The first kappa shape index (κ1) is 10.4. The fourth-order valence-electron chi connectivity index (χ4n) is 1.72. The molecule has 3 nitrogen and oxygen atoms in total. The Bertz CT molecular complexity index is 646. The van der Waals surface area contributed by atoms with Crippen LogP contribution in [0.2, 0.25) is 0 Å². The predicted octanol–water partition coefficient (Wildman–Crippen LogP) is 2.82. The molecule has 3 aromatic rings. The van der Waals surface area contributed by atoms with Crippen molar-refractivity contribution in [2.24, 2.45) is 5.73 Å². The first-order valence-corrected chi connectivity index (χ1v) is 6.18. The average Bonchev–Trinajstić information content (AvgIpc) is 2.82. The van der Waals surface area contributed by atoms with Gasteiger partial charge in [0.05, 0.1) is 10.2 Å². The van der Waals surface area contributed by atoms with E-state index in [1.807, 2.05) is 12.1 Å². The number of hydrogen-bond acceptors (Lipinski definition) is 4. The lowest BCUT2D eigenvalue weighted by atomic mass is 10.2. The summed E-state index contributed by atoms with van der Waals surface area (Å²) in [7, 11) is 0. The Morgan fingerprint density at radius 1 is 1.12 bits per heavy atom. The van der Waals surface area contributed by atoms with E-state index in [0.717, 1.165) is 21.7 Å². The smallest absolute Gasteiger partial charge is 0.124 e. The van der Waals surface area contributed by atoms with Crippen LogP contribution in [0.4, 0.5) is 0 Å². The molecular formula is C13H11N3S. The Balaban J connectivity index is 2.14. The molecule has 84 valence electrons. The van der Waals surface area contributed by atoms with Crippen LogP contribution in [0.15, 0.2) is 42.7 Å². The minimum Gasteiger partial charge on any atom is -0.326 e. The molecule has 0 spiro atoms. The third-order valence-corrected chi connectivity index (χ3v) is 3.70. The minimum atomic E-state index is 0.554. The number of hydrogen-bond donors (Lipinski definition) is 1. The van der Waals surface area contributed by atoms with Crippen LogP contribution < -0.4 is 5.73 Å². The number of rotatable bonds is 2. The normalized spacial score (nSPS) is 10.9. The topological polar surface area (TPSA) is 51.8 Å². The van der Waals surface area contributed by atoms with Gasteiger partial charge in [-0.25, -0.2) is 4.98 Å². The molecule has 0 amide bonds. The van der Waals surface area contributed by atoms with Gasteiger partial charge in [0.15, 0.2) is 0 Å². The van der Waals surface area contributed by atoms with Gasteiger partial charge in [-0.1, -0.05) is 6.07 Å². The molecule has 0 radical (unpaired) electrons. The SMILES string of the molecule is NCc1ccc2sc(-c3ccncc3)nc2c1. The van der Waals surface area contributed by atoms with Crippen molar-refractivity contribution in [3.63, 3.8) is 0 Å². The lowest BCUT2D eigenvalue weighted by Crippen LogP contribution is -1.94. The molecule has 0 unspecified atom stereocenters. The molecule has 3 rings (SSSR count). The summed E-state index contributed by atoms with van der Waals surface area (Å²) >= 11 is 1.69. The van der Waals surface area contributed by atoms with Crippen molar-refractivity contribution in [1.82, 2.24) is 9.97 Å². The van der Waals surface area contributed by atoms with Crippen molar-refractivity contribution in [2.75, 3.05) is 0 Å². The van der Waals surface area contributed by atoms with Gasteiger partial charge >= 0.3 is 0 Å². The molecule has 0 fully saturated rings. The second kappa shape index (κ2) is 4.24. The highest BCUT2D eigenvalue weighted by Crippen LogP contribution is 2.30. The second-order valence-corrected chi connectivity index (χ2v) is 4.79. The third kappa shape index (κ3) is 1.92. The quantitative estimate of drug-likeness (QED) is 0.750. The Labute approximate surface area is 103 Å². The lowest BCUT2D eigenvalue weighted by Gasteiger charge is -1.93. The average molecular weight is 241 g/mol. The van der Waals surface area contributed by atoms with Crippen LogP contribution in [-0.2, 0) is 6.54 Å². The maximum Gasteiger partial charge on any atom is 0.124 e. The molecule has 0 aliphatic carbocycles. The molecular weight excluding hydrogens is 230 g/mol. The maximum atomic E-state index is 5.63. The van der Waals surface area contributed by atoms with Crippen LogP contribution in [0.5, 0.6) is 0 Å². The van der Waals surface area contributed by atoms with E-state index in [2.05, 4.69) is 28.2 Å². The van der Waals surface area contributed by atoms with Crippen LogP contribution in [0.25, 0.3) is 20.8 Å².